The molecule has 8 heteroatoms. The van der Waals surface area contributed by atoms with Gasteiger partial charge in [0.1, 0.15) is 11.6 Å². The van der Waals surface area contributed by atoms with Crippen molar-refractivity contribution >= 4 is 5.91 Å². The van der Waals surface area contributed by atoms with E-state index in [0.29, 0.717) is 30.1 Å². The Bertz CT molecular complexity index is 1400. The number of carbonyl (C=O) groups excluding carboxylic acids is 1. The summed E-state index contributed by atoms with van der Waals surface area (Å²) in [6.45, 7) is 10.9. The van der Waals surface area contributed by atoms with Gasteiger partial charge < -0.3 is 14.9 Å². The molecule has 0 saturated carbocycles. The lowest BCUT2D eigenvalue weighted by atomic mass is 9.73. The van der Waals surface area contributed by atoms with E-state index in [1.165, 1.54) is 50.8 Å². The second-order valence-electron chi connectivity index (χ2n) is 12.3. The first-order valence-electron chi connectivity index (χ1n) is 16.0. The number of aromatic nitrogens is 4. The van der Waals surface area contributed by atoms with Crippen LogP contribution < -0.4 is 0 Å². The quantitative estimate of drug-likeness (QED) is 0.213. The first kappa shape index (κ1) is 29.3. The predicted molar refractivity (Wildman–Crippen MR) is 169 cm³/mol. The Balaban J connectivity index is 1.09. The number of piperidine rings is 1. The Morgan fingerprint density at radius 3 is 2.12 bits per heavy atom. The number of benzene rings is 2. The fourth-order valence-corrected chi connectivity index (χ4v) is 7.32. The van der Waals surface area contributed by atoms with E-state index in [4.69, 9.17) is 0 Å². The number of hydrogen-bond acceptors (Lipinski definition) is 5. The van der Waals surface area contributed by atoms with Gasteiger partial charge in [0.25, 0.3) is 5.91 Å². The van der Waals surface area contributed by atoms with Gasteiger partial charge in [-0.15, -0.1) is 0 Å². The molecule has 1 amide bonds. The number of imidazole rings is 2. The molecular formula is C35H45N7O. The van der Waals surface area contributed by atoms with Crippen LogP contribution in [0.4, 0.5) is 0 Å². The van der Waals surface area contributed by atoms with Crippen LogP contribution in [-0.4, -0.2) is 66.7 Å². The molecule has 8 nitrogen and oxygen atoms in total. The Morgan fingerprint density at radius 1 is 0.907 bits per heavy atom. The van der Waals surface area contributed by atoms with Gasteiger partial charge in [0.15, 0.2) is 0 Å². The zero-order chi connectivity index (χ0) is 29.6. The average molecular weight is 580 g/mol. The highest BCUT2D eigenvalue weighted by atomic mass is 16.2. The van der Waals surface area contributed by atoms with Crippen LogP contribution >= 0.6 is 0 Å². The summed E-state index contributed by atoms with van der Waals surface area (Å²) in [5.41, 5.74) is 5.40. The van der Waals surface area contributed by atoms with Crippen LogP contribution in [0.5, 0.6) is 0 Å². The molecule has 1 unspecified atom stereocenters. The van der Waals surface area contributed by atoms with Crippen LogP contribution in [0, 0.1) is 0 Å². The van der Waals surface area contributed by atoms with Crippen LogP contribution in [0.15, 0.2) is 73.3 Å². The first-order valence-corrected chi connectivity index (χ1v) is 16.0. The number of aromatic amines is 2. The van der Waals surface area contributed by atoms with E-state index < -0.39 is 0 Å². The topological polar surface area (TPSA) is 84.2 Å². The summed E-state index contributed by atoms with van der Waals surface area (Å²) in [6.07, 6.45) is 13.0. The molecule has 4 aromatic rings. The molecule has 0 radical (unpaired) electrons. The summed E-state index contributed by atoms with van der Waals surface area (Å²) < 4.78 is 0. The zero-order valence-corrected chi connectivity index (χ0v) is 25.6. The summed E-state index contributed by atoms with van der Waals surface area (Å²) in [5.74, 6) is 1.46. The van der Waals surface area contributed by atoms with Crippen LogP contribution in [0.3, 0.4) is 0 Å². The lowest BCUT2D eigenvalue weighted by Crippen LogP contribution is -2.42. The van der Waals surface area contributed by atoms with Gasteiger partial charge in [0.2, 0.25) is 0 Å². The third-order valence-corrected chi connectivity index (χ3v) is 9.44. The highest BCUT2D eigenvalue weighted by Gasteiger charge is 2.46. The van der Waals surface area contributed by atoms with Crippen LogP contribution in [-0.2, 0) is 25.0 Å². The van der Waals surface area contributed by atoms with Gasteiger partial charge in [-0.25, -0.2) is 9.97 Å². The molecule has 1 saturated heterocycles. The second kappa shape index (κ2) is 13.3. The Kier molecular flexibility index (Phi) is 9.05. The summed E-state index contributed by atoms with van der Waals surface area (Å²) in [5, 5.41) is 0. The third kappa shape index (κ3) is 6.45. The van der Waals surface area contributed by atoms with Crippen molar-refractivity contribution in [2.24, 2.45) is 0 Å². The van der Waals surface area contributed by atoms with Crippen LogP contribution in [0.25, 0.3) is 0 Å². The van der Waals surface area contributed by atoms with Crippen LogP contribution in [0.2, 0.25) is 0 Å². The van der Waals surface area contributed by atoms with E-state index in [1.807, 2.05) is 12.1 Å². The summed E-state index contributed by atoms with van der Waals surface area (Å²) in [4.78, 5) is 35.5. The minimum Gasteiger partial charge on any atom is -0.347 e. The normalized spacial score (nSPS) is 17.9. The lowest BCUT2D eigenvalue weighted by Gasteiger charge is -2.41. The molecule has 1 atom stereocenters. The van der Waals surface area contributed by atoms with Gasteiger partial charge >= 0.3 is 0 Å². The molecule has 6 rings (SSSR count). The SMILES string of the molecule is CCCN(CCC)C1CC2(CCN(Cc3ccc(C(=O)N(Cc4ncc[nH]4)Cc4ncc[nH]4)cc3)CC2)c2ccccc21. The maximum atomic E-state index is 13.5. The first-order chi connectivity index (χ1) is 21.1. The zero-order valence-electron chi connectivity index (χ0n) is 25.6. The van der Waals surface area contributed by atoms with Crippen molar-refractivity contribution in [1.82, 2.24) is 34.6 Å². The van der Waals surface area contributed by atoms with Gasteiger partial charge in [-0.3, -0.25) is 14.6 Å². The molecule has 0 bridgehead atoms. The molecule has 2 N–H and O–H groups in total. The van der Waals surface area contributed by atoms with E-state index in [0.717, 1.165) is 31.3 Å². The molecule has 3 heterocycles. The van der Waals surface area contributed by atoms with Crippen molar-refractivity contribution in [3.63, 3.8) is 0 Å². The van der Waals surface area contributed by atoms with Gasteiger partial charge in [-0.1, -0.05) is 50.2 Å². The van der Waals surface area contributed by atoms with Gasteiger partial charge in [-0.05, 0) is 92.5 Å². The van der Waals surface area contributed by atoms with Crippen molar-refractivity contribution in [3.05, 3.63) is 107 Å². The van der Waals surface area contributed by atoms with E-state index in [1.54, 1.807) is 40.8 Å². The van der Waals surface area contributed by atoms with Crippen molar-refractivity contribution < 1.29 is 4.79 Å². The van der Waals surface area contributed by atoms with E-state index >= 15 is 0 Å². The van der Waals surface area contributed by atoms with Crippen molar-refractivity contribution in [2.45, 2.75) is 77.0 Å². The molecule has 226 valence electrons. The summed E-state index contributed by atoms with van der Waals surface area (Å²) in [7, 11) is 0. The number of likely N-dealkylation sites (tertiary alicyclic amines) is 1. The standard InChI is InChI=1S/C35H45N7O/c1-3-19-41(20-4-2)31-23-35(30-8-6-5-7-29(30)31)13-21-40(22-14-35)24-27-9-11-28(12-10-27)34(43)42(25-32-36-15-16-37-32)26-33-38-17-18-39-33/h5-12,15-18,31H,3-4,13-14,19-26H2,1-2H3,(H,36,37)(H,38,39). The number of carbonyl (C=O) groups is 1. The monoisotopic (exact) mass is 579 g/mol. The molecule has 43 heavy (non-hydrogen) atoms. The molecule has 2 aromatic carbocycles. The van der Waals surface area contributed by atoms with Crippen molar-refractivity contribution in [1.29, 1.82) is 0 Å². The number of nitrogens with one attached hydrogen (secondary N) is 2. The lowest BCUT2D eigenvalue weighted by molar-refractivity contribution is 0.0721. The Morgan fingerprint density at radius 2 is 1.53 bits per heavy atom. The van der Waals surface area contributed by atoms with Crippen LogP contribution in [0.1, 0.15) is 90.7 Å². The Labute approximate surface area is 255 Å². The van der Waals surface area contributed by atoms with Gasteiger partial charge in [-0.2, -0.15) is 0 Å². The largest absolute Gasteiger partial charge is 0.347 e. The van der Waals surface area contributed by atoms with E-state index in [9.17, 15) is 4.79 Å². The second-order valence-corrected chi connectivity index (χ2v) is 12.3. The van der Waals surface area contributed by atoms with Crippen molar-refractivity contribution in [3.8, 4) is 0 Å². The smallest absolute Gasteiger partial charge is 0.254 e. The average Bonchev–Trinajstić information content (AvgIpc) is 3.81. The molecule has 1 fully saturated rings. The number of fused-ring (bicyclic) bond motifs is 2. The van der Waals surface area contributed by atoms with Gasteiger partial charge in [0.05, 0.1) is 13.1 Å². The molecule has 1 aliphatic heterocycles. The number of hydrogen-bond donors (Lipinski definition) is 2. The van der Waals surface area contributed by atoms with E-state index in [-0.39, 0.29) is 5.91 Å². The number of nitrogens with zero attached hydrogens (tertiary/aromatic N) is 5. The summed E-state index contributed by atoms with van der Waals surface area (Å²) >= 11 is 0. The maximum absolute atomic E-state index is 13.5. The molecule has 2 aliphatic rings. The van der Waals surface area contributed by atoms with Gasteiger partial charge in [0, 0.05) is 42.9 Å². The minimum absolute atomic E-state index is 0.0334. The number of rotatable bonds is 12. The fourth-order valence-electron chi connectivity index (χ4n) is 7.32. The third-order valence-electron chi connectivity index (χ3n) is 9.44. The predicted octanol–water partition coefficient (Wildman–Crippen LogP) is 6.08. The molecule has 1 aliphatic carbocycles. The number of H-pyrrole nitrogens is 2. The molecule has 1 spiro atoms. The Hall–Kier alpha value is -3.75. The molecule has 2 aromatic heterocycles. The maximum Gasteiger partial charge on any atom is 0.254 e. The van der Waals surface area contributed by atoms with Crippen molar-refractivity contribution in [2.75, 3.05) is 26.2 Å². The van der Waals surface area contributed by atoms with E-state index in [2.05, 4.69) is 80.0 Å². The highest BCUT2D eigenvalue weighted by molar-refractivity contribution is 5.94. The highest BCUT2D eigenvalue weighted by Crippen LogP contribution is 2.52. The number of amides is 1. The molecular weight excluding hydrogens is 534 g/mol. The fraction of sp³-hybridized carbons (Fsp3) is 0.457. The minimum atomic E-state index is -0.0334. The summed E-state index contributed by atoms with van der Waals surface area (Å²) in [6, 6.07) is 18.0.